The monoisotopic (exact) mass is 381 g/mol. The molecule has 0 unspecified atom stereocenters. The van der Waals surface area contributed by atoms with Crippen LogP contribution in [0.25, 0.3) is 6.08 Å². The van der Waals surface area contributed by atoms with Gasteiger partial charge in [0.1, 0.15) is 4.60 Å². The van der Waals surface area contributed by atoms with E-state index < -0.39 is 5.97 Å². The number of esters is 1. The van der Waals surface area contributed by atoms with Crippen molar-refractivity contribution in [2.75, 3.05) is 0 Å². The van der Waals surface area contributed by atoms with Crippen molar-refractivity contribution in [2.24, 2.45) is 0 Å². The van der Waals surface area contributed by atoms with Crippen LogP contribution in [0.4, 0.5) is 0 Å². The number of rotatable bonds is 3. The molecule has 0 saturated carbocycles. The summed E-state index contributed by atoms with van der Waals surface area (Å²) in [5.74, 6) is -0.0614. The fourth-order valence-electron chi connectivity index (χ4n) is 1.36. The molecule has 5 heteroatoms. The zero-order valence-electron chi connectivity index (χ0n) is 9.72. The summed E-state index contributed by atoms with van der Waals surface area (Å²) >= 11 is 6.62. The fraction of sp³-hybridized carbons (Fsp3) is 0. The number of nitrogens with zero attached hydrogens (tertiary/aromatic N) is 1. The second kappa shape index (κ2) is 6.63. The zero-order valence-corrected chi connectivity index (χ0v) is 12.9. The summed E-state index contributed by atoms with van der Waals surface area (Å²) in [5, 5.41) is 0. The first-order valence-electron chi connectivity index (χ1n) is 5.42. The van der Waals surface area contributed by atoms with Gasteiger partial charge in [-0.2, -0.15) is 0 Å². The molecule has 0 radical (unpaired) electrons. The van der Waals surface area contributed by atoms with E-state index >= 15 is 0 Å². The van der Waals surface area contributed by atoms with Crippen LogP contribution in [0.1, 0.15) is 5.56 Å². The normalized spacial score (nSPS) is 10.6. The standard InChI is InChI=1S/C14H9Br2NO2/c15-11-5-2-1-4-10(11)7-8-13(18)19-12-6-3-9-17-14(12)16/h1-9H/b8-7+. The third-order valence-corrected chi connectivity index (χ3v) is 3.56. The zero-order chi connectivity index (χ0) is 13.7. The van der Waals surface area contributed by atoms with Gasteiger partial charge in [0.2, 0.25) is 0 Å². The van der Waals surface area contributed by atoms with Crippen molar-refractivity contribution in [1.29, 1.82) is 0 Å². The average Bonchev–Trinajstić information content (AvgIpc) is 2.40. The predicted molar refractivity (Wildman–Crippen MR) is 80.7 cm³/mol. The van der Waals surface area contributed by atoms with Crippen LogP contribution in [-0.4, -0.2) is 11.0 Å². The van der Waals surface area contributed by atoms with Crippen molar-refractivity contribution in [2.45, 2.75) is 0 Å². The molecule has 1 aromatic carbocycles. The summed E-state index contributed by atoms with van der Waals surface area (Å²) in [5.41, 5.74) is 0.907. The maximum atomic E-state index is 11.7. The van der Waals surface area contributed by atoms with Gasteiger partial charge in [0, 0.05) is 16.7 Å². The summed E-state index contributed by atoms with van der Waals surface area (Å²) < 4.78 is 6.57. The maximum Gasteiger partial charge on any atom is 0.336 e. The number of carbonyl (C=O) groups is 1. The van der Waals surface area contributed by atoms with Crippen molar-refractivity contribution in [1.82, 2.24) is 4.98 Å². The van der Waals surface area contributed by atoms with Crippen molar-refractivity contribution >= 4 is 43.9 Å². The highest BCUT2D eigenvalue weighted by Gasteiger charge is 2.05. The Morgan fingerprint density at radius 1 is 1.16 bits per heavy atom. The quantitative estimate of drug-likeness (QED) is 0.453. The highest BCUT2D eigenvalue weighted by Crippen LogP contribution is 2.21. The number of hydrogen-bond acceptors (Lipinski definition) is 3. The fourth-order valence-corrected chi connectivity index (χ4v) is 2.11. The number of aromatic nitrogens is 1. The van der Waals surface area contributed by atoms with Gasteiger partial charge >= 0.3 is 5.97 Å². The van der Waals surface area contributed by atoms with E-state index in [0.717, 1.165) is 10.0 Å². The molecule has 0 aliphatic heterocycles. The average molecular weight is 383 g/mol. The molecule has 0 aliphatic carbocycles. The van der Waals surface area contributed by atoms with Gasteiger partial charge in [0.25, 0.3) is 0 Å². The largest absolute Gasteiger partial charge is 0.420 e. The topological polar surface area (TPSA) is 39.2 Å². The Kier molecular flexibility index (Phi) is 4.87. The molecular formula is C14H9Br2NO2. The van der Waals surface area contributed by atoms with Gasteiger partial charge in [-0.05, 0) is 45.8 Å². The minimum Gasteiger partial charge on any atom is -0.420 e. The molecule has 0 amide bonds. The van der Waals surface area contributed by atoms with Gasteiger partial charge in [-0.25, -0.2) is 9.78 Å². The molecule has 0 aliphatic rings. The molecule has 0 spiro atoms. The lowest BCUT2D eigenvalue weighted by atomic mass is 10.2. The van der Waals surface area contributed by atoms with Gasteiger partial charge in [-0.15, -0.1) is 0 Å². The van der Waals surface area contributed by atoms with Crippen LogP contribution >= 0.6 is 31.9 Å². The summed E-state index contributed by atoms with van der Waals surface area (Å²) in [4.78, 5) is 15.6. The van der Waals surface area contributed by atoms with Crippen molar-refractivity contribution in [3.8, 4) is 5.75 Å². The minimum absolute atomic E-state index is 0.393. The Balaban J connectivity index is 2.06. The van der Waals surface area contributed by atoms with Crippen LogP contribution in [0.3, 0.4) is 0 Å². The Morgan fingerprint density at radius 3 is 2.68 bits per heavy atom. The third kappa shape index (κ3) is 4.01. The molecule has 0 atom stereocenters. The van der Waals surface area contributed by atoms with Gasteiger partial charge in [-0.3, -0.25) is 0 Å². The highest BCUT2D eigenvalue weighted by molar-refractivity contribution is 9.10. The van der Waals surface area contributed by atoms with Gasteiger partial charge < -0.3 is 4.74 Å². The van der Waals surface area contributed by atoms with Gasteiger partial charge in [0.05, 0.1) is 0 Å². The molecule has 3 nitrogen and oxygen atoms in total. The summed E-state index contributed by atoms with van der Waals surface area (Å²) in [7, 11) is 0. The van der Waals surface area contributed by atoms with Crippen LogP contribution in [0, 0.1) is 0 Å². The van der Waals surface area contributed by atoms with E-state index in [1.165, 1.54) is 6.08 Å². The molecule has 0 N–H and O–H groups in total. The molecule has 1 aromatic heterocycles. The second-order valence-electron chi connectivity index (χ2n) is 3.57. The van der Waals surface area contributed by atoms with E-state index in [-0.39, 0.29) is 0 Å². The first-order valence-corrected chi connectivity index (χ1v) is 7.00. The van der Waals surface area contributed by atoms with Crippen molar-refractivity contribution in [3.63, 3.8) is 0 Å². The Bertz CT molecular complexity index is 626. The van der Waals surface area contributed by atoms with Crippen LogP contribution in [0.5, 0.6) is 5.75 Å². The third-order valence-electron chi connectivity index (χ3n) is 2.24. The minimum atomic E-state index is -0.454. The van der Waals surface area contributed by atoms with Crippen LogP contribution in [-0.2, 0) is 4.79 Å². The number of carbonyl (C=O) groups excluding carboxylic acids is 1. The molecule has 0 fully saturated rings. The molecule has 96 valence electrons. The lowest BCUT2D eigenvalue weighted by Gasteiger charge is -2.02. The smallest absolute Gasteiger partial charge is 0.336 e. The molecule has 0 saturated heterocycles. The second-order valence-corrected chi connectivity index (χ2v) is 5.17. The van der Waals surface area contributed by atoms with Crippen LogP contribution in [0.2, 0.25) is 0 Å². The molecule has 0 bridgehead atoms. The first kappa shape index (κ1) is 14.0. The summed E-state index contributed by atoms with van der Waals surface area (Å²) in [6.45, 7) is 0. The Morgan fingerprint density at radius 2 is 1.95 bits per heavy atom. The van der Waals surface area contributed by atoms with E-state index in [4.69, 9.17) is 4.74 Å². The number of hydrogen-bond donors (Lipinski definition) is 0. The van der Waals surface area contributed by atoms with Crippen molar-refractivity contribution < 1.29 is 9.53 Å². The molecule has 19 heavy (non-hydrogen) atoms. The predicted octanol–water partition coefficient (Wildman–Crippen LogP) is 4.23. The van der Waals surface area contributed by atoms with Crippen LogP contribution in [0.15, 0.2) is 57.7 Å². The van der Waals surface area contributed by atoms with E-state index in [1.54, 1.807) is 24.4 Å². The first-order chi connectivity index (χ1) is 9.16. The van der Waals surface area contributed by atoms with Crippen LogP contribution < -0.4 is 4.74 Å². The van der Waals surface area contributed by atoms with E-state index in [2.05, 4.69) is 36.8 Å². The van der Waals surface area contributed by atoms with Gasteiger partial charge in [-0.1, -0.05) is 34.1 Å². The number of benzene rings is 1. The molecule has 1 heterocycles. The summed E-state index contributed by atoms with van der Waals surface area (Å²) in [6.07, 6.45) is 4.68. The summed E-state index contributed by atoms with van der Waals surface area (Å²) in [6, 6.07) is 11.0. The van der Waals surface area contributed by atoms with Gasteiger partial charge in [0.15, 0.2) is 5.75 Å². The number of halogens is 2. The SMILES string of the molecule is O=C(/C=C/c1ccccc1Br)Oc1cccnc1Br. The lowest BCUT2D eigenvalue weighted by Crippen LogP contribution is -2.04. The van der Waals surface area contributed by atoms with Crippen molar-refractivity contribution in [3.05, 3.63) is 63.3 Å². The molecule has 2 aromatic rings. The molecular weight excluding hydrogens is 374 g/mol. The van der Waals surface area contributed by atoms with E-state index in [1.807, 2.05) is 24.3 Å². The van der Waals surface area contributed by atoms with E-state index in [9.17, 15) is 4.79 Å². The Labute approximate surface area is 127 Å². The number of pyridine rings is 1. The maximum absolute atomic E-state index is 11.7. The molecule has 2 rings (SSSR count). The van der Waals surface area contributed by atoms with E-state index in [0.29, 0.717) is 10.4 Å². The lowest BCUT2D eigenvalue weighted by molar-refractivity contribution is -0.128. The Hall–Kier alpha value is -1.46. The number of ether oxygens (including phenoxy) is 1. The highest BCUT2D eigenvalue weighted by atomic mass is 79.9.